The van der Waals surface area contributed by atoms with Crippen molar-refractivity contribution in [1.82, 2.24) is 20.9 Å². The number of urea groups is 1. The van der Waals surface area contributed by atoms with Crippen molar-refractivity contribution in [3.8, 4) is 0 Å². The van der Waals surface area contributed by atoms with Crippen molar-refractivity contribution >= 4 is 41.2 Å². The van der Waals surface area contributed by atoms with Crippen molar-refractivity contribution in [2.24, 2.45) is 0 Å². The number of rotatable bonds is 10. The number of nitrogens with zero attached hydrogens (tertiary/aromatic N) is 1. The van der Waals surface area contributed by atoms with E-state index in [-0.39, 0.29) is 18.0 Å². The Morgan fingerprint density at radius 1 is 0.886 bits per heavy atom. The Bertz CT molecular complexity index is 832. The number of piperidine rings is 1. The molecule has 3 rings (SSSR count). The van der Waals surface area contributed by atoms with Gasteiger partial charge in [-0.1, -0.05) is 61.4 Å². The maximum absolute atomic E-state index is 12.4. The molecule has 0 spiro atoms. The van der Waals surface area contributed by atoms with Gasteiger partial charge in [0.15, 0.2) is 0 Å². The average Bonchev–Trinajstić information content (AvgIpc) is 3.11. The summed E-state index contributed by atoms with van der Waals surface area (Å²) in [5.41, 5.74) is 0.841. The highest BCUT2D eigenvalue weighted by Gasteiger charge is 2.21. The second kappa shape index (κ2) is 15.4. The van der Waals surface area contributed by atoms with Gasteiger partial charge in [-0.05, 0) is 68.8 Å². The Balaban J connectivity index is 1.19. The second-order valence-corrected chi connectivity index (χ2v) is 10.6. The molecule has 0 atom stereocenters. The number of halogens is 2. The number of likely N-dealkylation sites (tertiary alicyclic amines) is 1. The van der Waals surface area contributed by atoms with Crippen LogP contribution in [0.1, 0.15) is 76.2 Å². The Hall–Kier alpha value is -1.76. The van der Waals surface area contributed by atoms with Crippen LogP contribution in [0.4, 0.5) is 4.79 Å². The van der Waals surface area contributed by atoms with E-state index >= 15 is 0 Å². The molecule has 3 N–H and O–H groups in total. The first kappa shape index (κ1) is 27.8. The van der Waals surface area contributed by atoms with Gasteiger partial charge in [0.05, 0.1) is 10.0 Å². The highest BCUT2D eigenvalue weighted by molar-refractivity contribution is 6.42. The van der Waals surface area contributed by atoms with E-state index < -0.39 is 0 Å². The third kappa shape index (κ3) is 10.8. The van der Waals surface area contributed by atoms with Gasteiger partial charge in [-0.3, -0.25) is 4.79 Å². The molecule has 0 unspecified atom stereocenters. The lowest BCUT2D eigenvalue weighted by molar-refractivity contribution is -0.116. The van der Waals surface area contributed by atoms with Crippen molar-refractivity contribution in [2.45, 2.75) is 82.7 Å². The van der Waals surface area contributed by atoms with Crippen LogP contribution in [0.3, 0.4) is 0 Å². The Morgan fingerprint density at radius 2 is 1.57 bits per heavy atom. The molecule has 3 amide bonds. The van der Waals surface area contributed by atoms with E-state index in [9.17, 15) is 9.59 Å². The summed E-state index contributed by atoms with van der Waals surface area (Å²) in [5.74, 6) is -0.103. The minimum absolute atomic E-state index is 0.0178. The zero-order valence-electron chi connectivity index (χ0n) is 20.7. The molecule has 1 aliphatic carbocycles. The van der Waals surface area contributed by atoms with Gasteiger partial charge in [0, 0.05) is 37.8 Å². The van der Waals surface area contributed by atoms with E-state index in [4.69, 9.17) is 23.2 Å². The maximum Gasteiger partial charge on any atom is 0.315 e. The summed E-state index contributed by atoms with van der Waals surface area (Å²) in [6, 6.07) is 5.93. The monoisotopic (exact) mass is 522 g/mol. The number of nitrogens with one attached hydrogen (secondary N) is 3. The lowest BCUT2D eigenvalue weighted by atomic mass is 10.0. The average molecular weight is 524 g/mol. The molecule has 6 nitrogen and oxygen atoms in total. The second-order valence-electron chi connectivity index (χ2n) is 9.78. The van der Waals surface area contributed by atoms with Crippen molar-refractivity contribution < 1.29 is 9.59 Å². The molecule has 1 aromatic carbocycles. The first-order chi connectivity index (χ1) is 17.0. The highest BCUT2D eigenvalue weighted by atomic mass is 35.5. The fourth-order valence-corrected chi connectivity index (χ4v) is 5.14. The van der Waals surface area contributed by atoms with E-state index in [2.05, 4.69) is 20.9 Å². The summed E-state index contributed by atoms with van der Waals surface area (Å²) in [4.78, 5) is 26.8. The first-order valence-corrected chi connectivity index (χ1v) is 14.0. The molecule has 8 heteroatoms. The zero-order valence-corrected chi connectivity index (χ0v) is 22.2. The van der Waals surface area contributed by atoms with Crippen LogP contribution in [-0.2, 0) is 4.79 Å². The third-order valence-electron chi connectivity index (χ3n) is 6.93. The molecular weight excluding hydrogens is 483 g/mol. The van der Waals surface area contributed by atoms with Crippen LogP contribution >= 0.6 is 23.2 Å². The molecule has 35 heavy (non-hydrogen) atoms. The molecule has 0 bridgehead atoms. The first-order valence-electron chi connectivity index (χ1n) is 13.2. The van der Waals surface area contributed by atoms with Crippen molar-refractivity contribution in [3.05, 3.63) is 39.9 Å². The summed E-state index contributed by atoms with van der Waals surface area (Å²) in [5, 5.41) is 10.3. The van der Waals surface area contributed by atoms with Crippen LogP contribution in [0.25, 0.3) is 6.08 Å². The zero-order chi connectivity index (χ0) is 24.9. The molecular formula is C27H40Cl2N4O2. The van der Waals surface area contributed by atoms with Crippen molar-refractivity contribution in [1.29, 1.82) is 0 Å². The molecule has 2 fully saturated rings. The number of benzene rings is 1. The Labute approximate surface area is 220 Å². The summed E-state index contributed by atoms with van der Waals surface area (Å²) < 4.78 is 0. The van der Waals surface area contributed by atoms with E-state index in [1.807, 2.05) is 6.07 Å². The third-order valence-corrected chi connectivity index (χ3v) is 7.67. The molecule has 194 valence electrons. The van der Waals surface area contributed by atoms with Crippen molar-refractivity contribution in [3.63, 3.8) is 0 Å². The standard InChI is InChI=1S/C27H40Cl2N4O2/c28-24-12-10-21(20-25(24)29)11-13-26(34)30-16-6-3-7-17-33-18-14-23(15-19-33)32-27(35)31-22-8-4-1-2-5-9-22/h10-13,20,22-23H,1-9,14-19H2,(H,30,34)(H2,31,32,35)/b13-11+. The van der Waals surface area contributed by atoms with Crippen LogP contribution in [0.5, 0.6) is 0 Å². The van der Waals surface area contributed by atoms with Crippen LogP contribution in [-0.4, -0.2) is 55.1 Å². The Morgan fingerprint density at radius 3 is 2.26 bits per heavy atom. The molecule has 1 heterocycles. The lowest BCUT2D eigenvalue weighted by Crippen LogP contribution is -2.50. The number of unbranched alkanes of at least 4 members (excludes halogenated alkanes) is 2. The van der Waals surface area contributed by atoms with Gasteiger partial charge in [0.2, 0.25) is 5.91 Å². The minimum atomic E-state index is -0.103. The van der Waals surface area contributed by atoms with Gasteiger partial charge in [-0.2, -0.15) is 0 Å². The van der Waals surface area contributed by atoms with Gasteiger partial charge in [0.1, 0.15) is 0 Å². The van der Waals surface area contributed by atoms with Crippen LogP contribution in [0.15, 0.2) is 24.3 Å². The van der Waals surface area contributed by atoms with Crippen LogP contribution in [0.2, 0.25) is 10.0 Å². The summed E-state index contributed by atoms with van der Waals surface area (Å²) >= 11 is 11.9. The largest absolute Gasteiger partial charge is 0.353 e. The molecule has 0 radical (unpaired) electrons. The van der Waals surface area contributed by atoms with Crippen LogP contribution < -0.4 is 16.0 Å². The van der Waals surface area contributed by atoms with E-state index in [1.165, 1.54) is 31.8 Å². The van der Waals surface area contributed by atoms with Crippen LogP contribution in [0, 0.1) is 0 Å². The topological polar surface area (TPSA) is 73.5 Å². The predicted octanol–water partition coefficient (Wildman–Crippen LogP) is 5.78. The number of carbonyl (C=O) groups is 2. The smallest absolute Gasteiger partial charge is 0.315 e. The number of amides is 3. The summed E-state index contributed by atoms with van der Waals surface area (Å²) in [6.07, 6.45) is 15.7. The predicted molar refractivity (Wildman–Crippen MR) is 145 cm³/mol. The van der Waals surface area contributed by atoms with Crippen molar-refractivity contribution in [2.75, 3.05) is 26.2 Å². The Kier molecular flexibility index (Phi) is 12.2. The normalized spacial score (nSPS) is 18.3. The number of hydrogen-bond acceptors (Lipinski definition) is 3. The molecule has 1 aliphatic heterocycles. The molecule has 1 saturated heterocycles. The molecule has 1 aromatic rings. The van der Waals surface area contributed by atoms with Gasteiger partial charge in [0.25, 0.3) is 0 Å². The molecule has 1 saturated carbocycles. The summed E-state index contributed by atoms with van der Waals surface area (Å²) in [6.45, 7) is 3.81. The van der Waals surface area contributed by atoms with Gasteiger partial charge < -0.3 is 20.9 Å². The van der Waals surface area contributed by atoms with E-state index in [1.54, 1.807) is 18.2 Å². The number of carbonyl (C=O) groups excluding carboxylic acids is 2. The molecule has 0 aromatic heterocycles. The van der Waals surface area contributed by atoms with Gasteiger partial charge in [-0.25, -0.2) is 4.79 Å². The SMILES string of the molecule is O=C(/C=C/c1ccc(Cl)c(Cl)c1)NCCCCCN1CCC(NC(=O)NC2CCCCCC2)CC1. The highest BCUT2D eigenvalue weighted by Crippen LogP contribution is 2.23. The quantitative estimate of drug-likeness (QED) is 0.207. The van der Waals surface area contributed by atoms with E-state index in [0.717, 1.165) is 70.1 Å². The minimum Gasteiger partial charge on any atom is -0.353 e. The molecule has 2 aliphatic rings. The van der Waals surface area contributed by atoms with E-state index in [0.29, 0.717) is 22.6 Å². The fourth-order valence-electron chi connectivity index (χ4n) is 4.83. The van der Waals surface area contributed by atoms with Gasteiger partial charge >= 0.3 is 6.03 Å². The lowest BCUT2D eigenvalue weighted by Gasteiger charge is -2.32. The maximum atomic E-state index is 12.4. The van der Waals surface area contributed by atoms with Gasteiger partial charge in [-0.15, -0.1) is 0 Å². The number of hydrogen-bond donors (Lipinski definition) is 3. The fraction of sp³-hybridized carbons (Fsp3) is 0.630. The summed E-state index contributed by atoms with van der Waals surface area (Å²) in [7, 11) is 0.